The molecule has 0 aliphatic carbocycles. The summed E-state index contributed by atoms with van der Waals surface area (Å²) < 4.78 is 35.5. The van der Waals surface area contributed by atoms with Gasteiger partial charge in [-0.2, -0.15) is 0 Å². The number of carbonyl (C=O) groups excluding carboxylic acids is 2. The Morgan fingerprint density at radius 1 is 0.486 bits per heavy atom. The summed E-state index contributed by atoms with van der Waals surface area (Å²) in [6.07, 6.45) is 4.64. The molecular weight excluding hydrogens is 1520 g/mol. The van der Waals surface area contributed by atoms with E-state index in [0.29, 0.717) is 33.7 Å². The molecule has 9 aromatic rings. The molecule has 0 amide bonds. The Labute approximate surface area is 695 Å². The molecule has 1 fully saturated rings. The molecule has 1 saturated heterocycles. The number of fused-ring (bicyclic) bond motifs is 3. The van der Waals surface area contributed by atoms with Gasteiger partial charge in [0.15, 0.2) is 18.3 Å². The van der Waals surface area contributed by atoms with Crippen LogP contribution in [0.25, 0.3) is 65.7 Å². The molecule has 1 heterocycles. The molecule has 0 spiro atoms. The van der Waals surface area contributed by atoms with Crippen molar-refractivity contribution in [1.29, 1.82) is 0 Å². The topological polar surface area (TPSA) is 167 Å². The minimum Gasteiger partial charge on any atom is -0.870 e. The molecule has 1 aliphatic heterocycles. The number of esters is 2. The van der Waals surface area contributed by atoms with Crippen molar-refractivity contribution in [2.45, 2.75) is 145 Å². The van der Waals surface area contributed by atoms with Crippen LogP contribution in [0.4, 0.5) is 0 Å². The van der Waals surface area contributed by atoms with Gasteiger partial charge in [0, 0.05) is 60.6 Å². The maximum Gasteiger partial charge on any atom is 1.00 e. The summed E-state index contributed by atoms with van der Waals surface area (Å²) in [6, 6.07) is 47.1. The summed E-state index contributed by atoms with van der Waals surface area (Å²) in [6.45, 7) is 31.4. The van der Waals surface area contributed by atoms with E-state index < -0.39 is 47.1 Å². The van der Waals surface area contributed by atoms with Crippen molar-refractivity contribution < 1.29 is 72.2 Å². The van der Waals surface area contributed by atoms with Crippen molar-refractivity contribution in [3.8, 4) is 69.4 Å². The minimum atomic E-state index is -1.12. The van der Waals surface area contributed by atoms with E-state index >= 15 is 0 Å². The zero-order valence-corrected chi connectivity index (χ0v) is 72.3. The number of ether oxygens (including phenoxy) is 6. The second-order valence-corrected chi connectivity index (χ2v) is 32.3. The van der Waals surface area contributed by atoms with E-state index in [1.54, 1.807) is 13.8 Å². The van der Waals surface area contributed by atoms with Crippen LogP contribution >= 0.6 is 50.7 Å². The minimum absolute atomic E-state index is 0. The molecule has 0 saturated carbocycles. The molecule has 3 unspecified atom stereocenters. The first kappa shape index (κ1) is 95.8. The molecule has 111 heavy (non-hydrogen) atoms. The Kier molecular flexibility index (Phi) is 38.7. The number of carboxylic acid groups (broad SMARTS) is 1. The Bertz CT molecular complexity index is 4760. The molecule has 14 nitrogen and oxygen atoms in total. The fourth-order valence-electron chi connectivity index (χ4n) is 12.2. The van der Waals surface area contributed by atoms with E-state index in [-0.39, 0.29) is 43.5 Å². The molecule has 0 bridgehead atoms. The van der Waals surface area contributed by atoms with Crippen LogP contribution in [-0.2, 0) is 42.8 Å². The average molecular weight is 1630 g/mol. The first-order valence-electron chi connectivity index (χ1n) is 36.5. The third kappa shape index (κ3) is 28.8. The van der Waals surface area contributed by atoms with Crippen LogP contribution in [-0.4, -0.2) is 148 Å². The van der Waals surface area contributed by atoms with Crippen molar-refractivity contribution in [3.63, 3.8) is 0 Å². The molecule has 9 aromatic carbocycles. The third-order valence-corrected chi connectivity index (χ3v) is 18.0. The van der Waals surface area contributed by atoms with Gasteiger partial charge < -0.3 is 39.0 Å². The van der Waals surface area contributed by atoms with Gasteiger partial charge in [-0.15, -0.1) is 6.42 Å². The molecule has 0 radical (unpaired) electrons. The SMILES string of the molecule is C#CCN(C)C.C1CCOC1.CCOC(=O)C(OC(C)(C)C)c1c(C)cc2c(Br)cccc2c1-c1ccc(Cl)cc1.CCOC(=O)C(OC(C)(C)C)c1c(C)cc2c(C#CCN(C)C)cccc2c1-c1ccc(Cl)cc1.Cc1cc2c(C#CCN(C)C)cccc2c(-c2ccc(Cl)cc2)c1C(OC(C)(C)C)C(=O)O.[Li+].[OH-]. The number of nitrogens with zero attached hydrogens (tertiary/aromatic N) is 3. The Hall–Kier alpha value is -7.52. The summed E-state index contributed by atoms with van der Waals surface area (Å²) in [7, 11) is 11.8. The van der Waals surface area contributed by atoms with Crippen molar-refractivity contribution in [2.24, 2.45) is 0 Å². The van der Waals surface area contributed by atoms with Crippen LogP contribution in [0.15, 0.2) is 150 Å². The first-order chi connectivity index (χ1) is 51.4. The van der Waals surface area contributed by atoms with Gasteiger partial charge in [0.05, 0.1) is 49.7 Å². The fraction of sp³-hybridized carbons (Fsp3) is 0.380. The standard InChI is InChI=1S/C30H34ClNO3.C28H30ClNO3.C25H26BrClO3.C5H9N.C4H8O.Li.H2O/c1-8-34-29(33)28(35-30(3,4)5)26-20(2)19-25-21(12-10-18-32(6)7)11-9-13-24(25)27(26)22-14-16-23(31)17-15-22;1-18-17-23-19(10-8-16-30(5)6)9-7-11-22(23)25(20-12-14-21(29)15-13-20)24(18)26(27(31)32)33-28(2,3)4;1-6-29-24(28)23(30-25(3,4)5)21-15(2)14-19-18(8-7-9-20(19)26)22(21)16-10-12-17(27)13-11-16;1-4-5-6(2)3;1-2-4-5-3-1;;/h9,11,13-17,19,28H,8,18H2,1-7H3;7,9,11-15,17,26H,16H2,1-6H3,(H,31,32);7-14,23H,6H2,1-5H3;1H,5H2,2-3H3;1-4H2;;1H2/q;;;;;+1;/p-1. The van der Waals surface area contributed by atoms with Crippen molar-refractivity contribution >= 4 is 101 Å². The molecule has 0 aromatic heterocycles. The Morgan fingerprint density at radius 3 is 1.07 bits per heavy atom. The number of benzene rings is 9. The van der Waals surface area contributed by atoms with E-state index in [1.165, 1.54) is 12.8 Å². The number of rotatable bonds is 17. The van der Waals surface area contributed by atoms with Gasteiger partial charge in [0.2, 0.25) is 0 Å². The number of aryl methyl sites for hydroxylation is 3. The van der Waals surface area contributed by atoms with Crippen LogP contribution in [0.5, 0.6) is 0 Å². The number of hydrogen-bond acceptors (Lipinski definition) is 13. The summed E-state index contributed by atoms with van der Waals surface area (Å²) in [5.41, 5.74) is 10.6. The maximum atomic E-state index is 13.2. The van der Waals surface area contributed by atoms with Gasteiger partial charge in [-0.25, -0.2) is 14.4 Å². The van der Waals surface area contributed by atoms with E-state index in [2.05, 4.69) is 69.8 Å². The van der Waals surface area contributed by atoms with Crippen molar-refractivity contribution in [2.75, 3.05) is 88.3 Å². The number of terminal acetylenes is 1. The number of carbonyl (C=O) groups is 3. The molecule has 586 valence electrons. The van der Waals surface area contributed by atoms with Crippen LogP contribution in [0.3, 0.4) is 0 Å². The molecule has 3 atom stereocenters. The second-order valence-electron chi connectivity index (χ2n) is 30.1. The predicted octanol–water partition coefficient (Wildman–Crippen LogP) is 18.6. The van der Waals surface area contributed by atoms with E-state index in [4.69, 9.17) is 69.6 Å². The summed E-state index contributed by atoms with van der Waals surface area (Å²) in [4.78, 5) is 44.7. The van der Waals surface area contributed by atoms with E-state index in [0.717, 1.165) is 129 Å². The quantitative estimate of drug-likeness (QED) is 0.0520. The summed E-state index contributed by atoms with van der Waals surface area (Å²) >= 11 is 22.2. The monoisotopic (exact) mass is 1620 g/mol. The van der Waals surface area contributed by atoms with Gasteiger partial charge >= 0.3 is 36.8 Å². The number of carboxylic acids is 1. The van der Waals surface area contributed by atoms with Crippen LogP contribution < -0.4 is 18.9 Å². The summed E-state index contributed by atoms with van der Waals surface area (Å²) in [5.74, 6) is 13.7. The third-order valence-electron chi connectivity index (χ3n) is 16.5. The average Bonchev–Trinajstić information content (AvgIpc) is 0.878. The second kappa shape index (κ2) is 44.8. The van der Waals surface area contributed by atoms with Crippen LogP contribution in [0.1, 0.15) is 152 Å². The zero-order valence-electron chi connectivity index (χ0n) is 68.5. The molecule has 1 aliphatic rings. The molecular formula is C92H108BrCl3LiN3O11. The number of aliphatic carboxylic acids is 1. The Morgan fingerprint density at radius 2 is 0.793 bits per heavy atom. The predicted molar refractivity (Wildman–Crippen MR) is 457 cm³/mol. The first-order valence-corrected chi connectivity index (χ1v) is 38.5. The fourth-order valence-corrected chi connectivity index (χ4v) is 13.0. The Balaban J connectivity index is 0.000000325. The van der Waals surface area contributed by atoms with Crippen LogP contribution in [0.2, 0.25) is 15.1 Å². The molecule has 10 rings (SSSR count). The van der Waals surface area contributed by atoms with Crippen molar-refractivity contribution in [1.82, 2.24) is 14.7 Å². The van der Waals surface area contributed by atoms with Gasteiger partial charge in [-0.3, -0.25) is 14.7 Å². The maximum absolute atomic E-state index is 13.2. The molecule has 2 N–H and O–H groups in total. The normalized spacial score (nSPS) is 12.6. The van der Waals surface area contributed by atoms with Gasteiger partial charge in [-0.1, -0.05) is 153 Å². The largest absolute Gasteiger partial charge is 1.00 e. The van der Waals surface area contributed by atoms with Crippen LogP contribution in [0, 0.1) is 56.8 Å². The van der Waals surface area contributed by atoms with Crippen molar-refractivity contribution in [3.05, 3.63) is 210 Å². The number of halogens is 4. The zero-order chi connectivity index (χ0) is 80.7. The molecule has 19 heteroatoms. The van der Waals surface area contributed by atoms with Gasteiger partial charge in [0.25, 0.3) is 0 Å². The number of hydrogen-bond donors (Lipinski definition) is 1. The van der Waals surface area contributed by atoms with Gasteiger partial charge in [-0.05, 0) is 307 Å². The smallest absolute Gasteiger partial charge is 0.870 e. The van der Waals surface area contributed by atoms with E-state index in [9.17, 15) is 19.5 Å². The van der Waals surface area contributed by atoms with Gasteiger partial charge in [0.1, 0.15) is 0 Å². The van der Waals surface area contributed by atoms with E-state index in [1.807, 2.05) is 261 Å². The summed E-state index contributed by atoms with van der Waals surface area (Å²) in [5, 5.41) is 18.1.